The van der Waals surface area contributed by atoms with Crippen molar-refractivity contribution in [1.82, 2.24) is 5.32 Å². The average molecular weight is 436 g/mol. The molecule has 0 radical (unpaired) electrons. The van der Waals surface area contributed by atoms with Crippen LogP contribution < -0.4 is 5.32 Å². The molecule has 4 heteroatoms. The third kappa shape index (κ3) is 8.36. The Kier molecular flexibility index (Phi) is 9.24. The number of hydrogen-bond acceptors (Lipinski definition) is 4. The van der Waals surface area contributed by atoms with E-state index in [2.05, 4.69) is 61.6 Å². The second-order valence-electron chi connectivity index (χ2n) is 9.28. The monoisotopic (exact) mass is 435 g/mol. The molecule has 0 heterocycles. The minimum absolute atomic E-state index is 0.00734. The molecule has 1 unspecified atom stereocenters. The first-order chi connectivity index (χ1) is 15.5. The van der Waals surface area contributed by atoms with Crippen LogP contribution in [0.25, 0.3) is 10.8 Å². The molecule has 172 valence electrons. The number of aliphatic hydroxyl groups is 2. The molecule has 3 N–H and O–H groups in total. The molecule has 32 heavy (non-hydrogen) atoms. The van der Waals surface area contributed by atoms with E-state index >= 15 is 0 Å². The van der Waals surface area contributed by atoms with Crippen LogP contribution in [0.3, 0.4) is 0 Å². The largest absolute Gasteiger partial charge is 0.392 e. The Labute approximate surface area is 192 Å². The fourth-order valence-corrected chi connectivity index (χ4v) is 3.53. The van der Waals surface area contributed by atoms with Crippen molar-refractivity contribution >= 4 is 10.8 Å². The number of nitrogens with one attached hydrogen (secondary N) is 1. The van der Waals surface area contributed by atoms with Gasteiger partial charge in [0.05, 0.1) is 25.9 Å². The molecular formula is C28H37NO3. The Morgan fingerprint density at radius 1 is 0.906 bits per heavy atom. The Morgan fingerprint density at radius 3 is 2.25 bits per heavy atom. The minimum Gasteiger partial charge on any atom is -0.392 e. The van der Waals surface area contributed by atoms with Crippen LogP contribution in [0.15, 0.2) is 66.7 Å². The molecule has 0 amide bonds. The highest BCUT2D eigenvalue weighted by atomic mass is 16.5. The summed E-state index contributed by atoms with van der Waals surface area (Å²) in [6.45, 7) is 5.38. The molecule has 1 fully saturated rings. The van der Waals surface area contributed by atoms with E-state index in [0.29, 0.717) is 13.2 Å². The lowest BCUT2D eigenvalue weighted by Gasteiger charge is -2.28. The second kappa shape index (κ2) is 12.1. The SMILES string of the molecule is C1CC1.CC(C)(Cc1ccc2ccccc2c1)NCC(O)COCc1ccccc1CO. The Morgan fingerprint density at radius 2 is 1.56 bits per heavy atom. The molecule has 4 nitrogen and oxygen atoms in total. The summed E-state index contributed by atoms with van der Waals surface area (Å²) < 4.78 is 5.65. The first kappa shape index (κ1) is 24.4. The van der Waals surface area contributed by atoms with Crippen molar-refractivity contribution in [3.63, 3.8) is 0 Å². The summed E-state index contributed by atoms with van der Waals surface area (Å²) in [5.41, 5.74) is 2.93. The van der Waals surface area contributed by atoms with E-state index in [9.17, 15) is 10.2 Å². The quantitative estimate of drug-likeness (QED) is 0.420. The van der Waals surface area contributed by atoms with Gasteiger partial charge in [0, 0.05) is 12.1 Å². The molecule has 1 atom stereocenters. The van der Waals surface area contributed by atoms with Gasteiger partial charge in [0.1, 0.15) is 0 Å². The molecule has 1 aliphatic rings. The predicted molar refractivity (Wildman–Crippen MR) is 132 cm³/mol. The van der Waals surface area contributed by atoms with E-state index in [1.165, 1.54) is 35.6 Å². The first-order valence-corrected chi connectivity index (χ1v) is 11.6. The zero-order valence-corrected chi connectivity index (χ0v) is 19.4. The summed E-state index contributed by atoms with van der Waals surface area (Å²) in [5, 5.41) is 25.6. The van der Waals surface area contributed by atoms with Crippen LogP contribution in [-0.4, -0.2) is 35.0 Å². The average Bonchev–Trinajstić information content (AvgIpc) is 3.67. The topological polar surface area (TPSA) is 61.7 Å². The molecule has 3 aromatic rings. The van der Waals surface area contributed by atoms with Crippen LogP contribution in [-0.2, 0) is 24.4 Å². The summed E-state index contributed by atoms with van der Waals surface area (Å²) in [5.74, 6) is 0. The highest BCUT2D eigenvalue weighted by molar-refractivity contribution is 5.83. The van der Waals surface area contributed by atoms with Crippen LogP contribution in [0.2, 0.25) is 0 Å². The van der Waals surface area contributed by atoms with E-state index in [1.807, 2.05) is 24.3 Å². The van der Waals surface area contributed by atoms with Crippen molar-refractivity contribution in [1.29, 1.82) is 0 Å². The van der Waals surface area contributed by atoms with Crippen molar-refractivity contribution in [2.45, 2.75) is 64.4 Å². The molecular weight excluding hydrogens is 398 g/mol. The number of hydrogen-bond donors (Lipinski definition) is 3. The zero-order chi connectivity index (χ0) is 22.8. The van der Waals surface area contributed by atoms with Gasteiger partial charge in [-0.15, -0.1) is 0 Å². The Bertz CT molecular complexity index is 965. The zero-order valence-electron chi connectivity index (χ0n) is 19.4. The molecule has 1 aliphatic carbocycles. The minimum atomic E-state index is -0.591. The molecule has 0 saturated heterocycles. The number of β-amino-alcohol motifs (C(OH)–C–C–N with tert-alkyl or cyclic N) is 1. The van der Waals surface area contributed by atoms with Crippen molar-refractivity contribution in [2.24, 2.45) is 0 Å². The maximum absolute atomic E-state index is 10.3. The lowest BCUT2D eigenvalue weighted by atomic mass is 9.93. The maximum atomic E-state index is 10.3. The highest BCUT2D eigenvalue weighted by Gasteiger charge is 2.19. The molecule has 3 aromatic carbocycles. The van der Waals surface area contributed by atoms with Crippen LogP contribution >= 0.6 is 0 Å². The van der Waals surface area contributed by atoms with Gasteiger partial charge >= 0.3 is 0 Å². The smallest absolute Gasteiger partial charge is 0.0898 e. The fourth-order valence-electron chi connectivity index (χ4n) is 3.53. The lowest BCUT2D eigenvalue weighted by Crippen LogP contribution is -2.46. The molecule has 0 aliphatic heterocycles. The van der Waals surface area contributed by atoms with Gasteiger partial charge in [-0.3, -0.25) is 0 Å². The number of rotatable bonds is 10. The predicted octanol–water partition coefficient (Wildman–Crippen LogP) is 4.99. The van der Waals surface area contributed by atoms with Crippen molar-refractivity contribution in [2.75, 3.05) is 13.2 Å². The van der Waals surface area contributed by atoms with E-state index in [0.717, 1.165) is 17.5 Å². The van der Waals surface area contributed by atoms with Gasteiger partial charge in [-0.2, -0.15) is 0 Å². The van der Waals surface area contributed by atoms with E-state index in [-0.39, 0.29) is 18.8 Å². The molecule has 4 rings (SSSR count). The molecule has 1 saturated carbocycles. The lowest BCUT2D eigenvalue weighted by molar-refractivity contribution is 0.0252. The van der Waals surface area contributed by atoms with Crippen LogP contribution in [0.4, 0.5) is 0 Å². The van der Waals surface area contributed by atoms with Gasteiger partial charge in [-0.05, 0) is 47.7 Å². The van der Waals surface area contributed by atoms with Gasteiger partial charge in [0.15, 0.2) is 0 Å². The third-order valence-electron chi connectivity index (χ3n) is 5.49. The van der Waals surface area contributed by atoms with Gasteiger partial charge in [0.25, 0.3) is 0 Å². The van der Waals surface area contributed by atoms with Crippen LogP contribution in [0.1, 0.15) is 49.8 Å². The maximum Gasteiger partial charge on any atom is 0.0898 e. The first-order valence-electron chi connectivity index (χ1n) is 11.6. The number of benzene rings is 3. The summed E-state index contributed by atoms with van der Waals surface area (Å²) in [6.07, 6.45) is 4.78. The Balaban J connectivity index is 0.000000887. The molecule has 0 aromatic heterocycles. The number of ether oxygens (including phenoxy) is 1. The van der Waals surface area contributed by atoms with Crippen LogP contribution in [0, 0.1) is 0 Å². The van der Waals surface area contributed by atoms with Gasteiger partial charge in [-0.1, -0.05) is 86.0 Å². The van der Waals surface area contributed by atoms with Crippen LogP contribution in [0.5, 0.6) is 0 Å². The highest BCUT2D eigenvalue weighted by Crippen LogP contribution is 2.19. The van der Waals surface area contributed by atoms with E-state index < -0.39 is 6.10 Å². The summed E-state index contributed by atoms with van der Waals surface area (Å²) in [4.78, 5) is 0. The van der Waals surface area contributed by atoms with Crippen molar-refractivity contribution in [3.8, 4) is 0 Å². The van der Waals surface area contributed by atoms with Gasteiger partial charge < -0.3 is 20.3 Å². The number of fused-ring (bicyclic) bond motifs is 1. The third-order valence-corrected chi connectivity index (χ3v) is 5.49. The van der Waals surface area contributed by atoms with Crippen molar-refractivity contribution < 1.29 is 14.9 Å². The summed E-state index contributed by atoms with van der Waals surface area (Å²) >= 11 is 0. The molecule has 0 bridgehead atoms. The summed E-state index contributed by atoms with van der Waals surface area (Å²) in [7, 11) is 0. The number of aliphatic hydroxyl groups excluding tert-OH is 2. The van der Waals surface area contributed by atoms with Crippen molar-refractivity contribution in [3.05, 3.63) is 83.4 Å². The van der Waals surface area contributed by atoms with E-state index in [1.54, 1.807) is 0 Å². The standard InChI is InChI=1S/C25H31NO3.C3H6/c1-25(2,14-19-11-12-20-7-3-4-8-21(20)13-19)26-15-24(28)18-29-17-23-10-6-5-9-22(23)16-27;1-2-3-1/h3-13,24,26-28H,14-18H2,1-2H3;1-3H2. The van der Waals surface area contributed by atoms with Gasteiger partial charge in [0.2, 0.25) is 0 Å². The van der Waals surface area contributed by atoms with E-state index in [4.69, 9.17) is 4.74 Å². The molecule has 0 spiro atoms. The summed E-state index contributed by atoms with van der Waals surface area (Å²) in [6, 6.07) is 22.6. The second-order valence-corrected chi connectivity index (χ2v) is 9.28. The fraction of sp³-hybridized carbons (Fsp3) is 0.429. The normalized spacial score (nSPS) is 14.0. The van der Waals surface area contributed by atoms with Gasteiger partial charge in [-0.25, -0.2) is 0 Å². The Hall–Kier alpha value is -2.24.